The minimum atomic E-state index is 0. The van der Waals surface area contributed by atoms with Crippen molar-refractivity contribution in [3.8, 4) is 0 Å². The lowest BCUT2D eigenvalue weighted by Gasteiger charge is -2.27. The Hall–Kier alpha value is -0.240. The molecule has 14 heavy (non-hydrogen) atoms. The number of nitrogens with one attached hydrogen (secondary N) is 1. The van der Waals surface area contributed by atoms with Gasteiger partial charge >= 0.3 is 0 Å². The first kappa shape index (κ1) is 13.8. The Morgan fingerprint density at radius 2 is 1.71 bits per heavy atom. The number of hydrogen-bond acceptors (Lipinski definition) is 1. The predicted octanol–water partition coefficient (Wildman–Crippen LogP) is 2.76. The van der Waals surface area contributed by atoms with E-state index in [4.69, 9.17) is 0 Å². The molecule has 1 saturated carbocycles. The van der Waals surface area contributed by atoms with E-state index in [0.29, 0.717) is 6.04 Å². The molecule has 2 nitrogen and oxygen atoms in total. The van der Waals surface area contributed by atoms with Gasteiger partial charge in [0.25, 0.3) is 0 Å². The summed E-state index contributed by atoms with van der Waals surface area (Å²) >= 11 is 0. The molecule has 0 spiro atoms. The Morgan fingerprint density at radius 3 is 2.14 bits per heavy atom. The maximum atomic E-state index is 11.4. The van der Waals surface area contributed by atoms with Gasteiger partial charge in [0.1, 0.15) is 0 Å². The molecule has 1 aliphatic carbocycles. The first-order chi connectivity index (χ1) is 6.09. The van der Waals surface area contributed by atoms with E-state index in [1.165, 1.54) is 25.7 Å². The highest BCUT2D eigenvalue weighted by Crippen LogP contribution is 2.23. The third kappa shape index (κ3) is 4.32. The van der Waals surface area contributed by atoms with Crippen LogP contribution >= 0.6 is 12.4 Å². The molecule has 0 saturated heterocycles. The molecule has 0 aromatic heterocycles. The third-order valence-corrected chi connectivity index (χ3v) is 2.89. The van der Waals surface area contributed by atoms with E-state index < -0.39 is 0 Å². The van der Waals surface area contributed by atoms with Crippen LogP contribution in [0.15, 0.2) is 0 Å². The smallest absolute Gasteiger partial charge is 0.222 e. The number of halogens is 1. The van der Waals surface area contributed by atoms with Crippen LogP contribution in [0.5, 0.6) is 0 Å². The normalized spacial score (nSPS) is 26.9. The summed E-state index contributed by atoms with van der Waals surface area (Å²) in [5.41, 5.74) is 0. The molecular formula is C11H22ClNO. The van der Waals surface area contributed by atoms with Gasteiger partial charge in [-0.15, -0.1) is 12.4 Å². The van der Waals surface area contributed by atoms with Crippen molar-refractivity contribution in [1.29, 1.82) is 0 Å². The lowest BCUT2D eigenvalue weighted by atomic mass is 9.87. The topological polar surface area (TPSA) is 29.1 Å². The van der Waals surface area contributed by atoms with Gasteiger partial charge in [0.05, 0.1) is 0 Å². The summed E-state index contributed by atoms with van der Waals surface area (Å²) in [6, 6.07) is 0.450. The van der Waals surface area contributed by atoms with Crippen LogP contribution in [0.4, 0.5) is 0 Å². The van der Waals surface area contributed by atoms with E-state index in [1.807, 2.05) is 13.8 Å². The Balaban J connectivity index is 0.00000169. The zero-order chi connectivity index (χ0) is 9.84. The number of amides is 1. The Labute approximate surface area is 93.2 Å². The zero-order valence-electron chi connectivity index (χ0n) is 9.38. The Morgan fingerprint density at radius 1 is 1.21 bits per heavy atom. The molecule has 0 aromatic carbocycles. The number of rotatable bonds is 2. The van der Waals surface area contributed by atoms with Crippen LogP contribution in [0.25, 0.3) is 0 Å². The molecule has 84 valence electrons. The van der Waals surface area contributed by atoms with E-state index in [0.717, 1.165) is 5.92 Å². The van der Waals surface area contributed by atoms with E-state index in [2.05, 4.69) is 12.2 Å². The molecule has 0 unspecified atom stereocenters. The van der Waals surface area contributed by atoms with Crippen molar-refractivity contribution in [3.05, 3.63) is 0 Å². The van der Waals surface area contributed by atoms with Crippen molar-refractivity contribution in [2.75, 3.05) is 0 Å². The highest BCUT2D eigenvalue weighted by molar-refractivity contribution is 5.85. The second kappa shape index (κ2) is 6.28. The van der Waals surface area contributed by atoms with Gasteiger partial charge < -0.3 is 5.32 Å². The second-order valence-corrected chi connectivity index (χ2v) is 4.62. The van der Waals surface area contributed by atoms with Crippen LogP contribution in [-0.4, -0.2) is 11.9 Å². The van der Waals surface area contributed by atoms with Crippen LogP contribution in [0.2, 0.25) is 0 Å². The molecule has 1 aliphatic rings. The summed E-state index contributed by atoms with van der Waals surface area (Å²) in [6.45, 7) is 6.18. The van der Waals surface area contributed by atoms with E-state index in [-0.39, 0.29) is 24.2 Å². The number of carbonyl (C=O) groups excluding carboxylic acids is 1. The van der Waals surface area contributed by atoms with Gasteiger partial charge in [0.15, 0.2) is 0 Å². The monoisotopic (exact) mass is 219 g/mol. The zero-order valence-corrected chi connectivity index (χ0v) is 10.2. The molecule has 3 heteroatoms. The Kier molecular flexibility index (Phi) is 6.17. The highest BCUT2D eigenvalue weighted by Gasteiger charge is 2.20. The number of carbonyl (C=O) groups is 1. The van der Waals surface area contributed by atoms with E-state index >= 15 is 0 Å². The predicted molar refractivity (Wildman–Crippen MR) is 61.6 cm³/mol. The van der Waals surface area contributed by atoms with Gasteiger partial charge in [-0.2, -0.15) is 0 Å². The standard InChI is InChI=1S/C11H21NO.ClH/c1-8(2)11(13)12-10-6-4-9(3)5-7-10;/h8-10H,4-7H2,1-3H3,(H,12,13);1H. The van der Waals surface area contributed by atoms with Gasteiger partial charge in [0, 0.05) is 12.0 Å². The van der Waals surface area contributed by atoms with Crippen LogP contribution < -0.4 is 5.32 Å². The minimum absolute atomic E-state index is 0. The Bertz CT molecular complexity index is 174. The molecule has 1 rings (SSSR count). The largest absolute Gasteiger partial charge is 0.353 e. The summed E-state index contributed by atoms with van der Waals surface area (Å²) < 4.78 is 0. The SMILES string of the molecule is CC1CCC(NC(=O)C(C)C)CC1.Cl. The van der Waals surface area contributed by atoms with Crippen LogP contribution in [-0.2, 0) is 4.79 Å². The van der Waals surface area contributed by atoms with Gasteiger partial charge in [-0.25, -0.2) is 0 Å². The fourth-order valence-corrected chi connectivity index (χ4v) is 1.77. The summed E-state index contributed by atoms with van der Waals surface area (Å²) in [7, 11) is 0. The van der Waals surface area contributed by atoms with Gasteiger partial charge in [-0.3, -0.25) is 4.79 Å². The van der Waals surface area contributed by atoms with Gasteiger partial charge in [0.2, 0.25) is 5.91 Å². The molecule has 1 amide bonds. The van der Waals surface area contributed by atoms with Crippen molar-refractivity contribution in [1.82, 2.24) is 5.32 Å². The lowest BCUT2D eigenvalue weighted by molar-refractivity contribution is -0.124. The average Bonchev–Trinajstić information content (AvgIpc) is 2.08. The second-order valence-electron chi connectivity index (χ2n) is 4.62. The number of hydrogen-bond donors (Lipinski definition) is 1. The molecule has 0 atom stereocenters. The summed E-state index contributed by atoms with van der Waals surface area (Å²) in [4.78, 5) is 11.4. The first-order valence-corrected chi connectivity index (χ1v) is 5.40. The van der Waals surface area contributed by atoms with Crippen LogP contribution in [0, 0.1) is 11.8 Å². The fraction of sp³-hybridized carbons (Fsp3) is 0.909. The molecule has 1 fully saturated rings. The molecule has 1 N–H and O–H groups in total. The highest BCUT2D eigenvalue weighted by atomic mass is 35.5. The average molecular weight is 220 g/mol. The third-order valence-electron chi connectivity index (χ3n) is 2.89. The lowest BCUT2D eigenvalue weighted by Crippen LogP contribution is -2.39. The van der Waals surface area contributed by atoms with Gasteiger partial charge in [-0.05, 0) is 31.6 Å². The van der Waals surface area contributed by atoms with Crippen molar-refractivity contribution in [3.63, 3.8) is 0 Å². The van der Waals surface area contributed by atoms with Crippen molar-refractivity contribution in [2.45, 2.75) is 52.5 Å². The fourth-order valence-electron chi connectivity index (χ4n) is 1.77. The molecule has 0 aliphatic heterocycles. The maximum Gasteiger partial charge on any atom is 0.222 e. The van der Waals surface area contributed by atoms with E-state index in [1.54, 1.807) is 0 Å². The van der Waals surface area contributed by atoms with Crippen molar-refractivity contribution in [2.24, 2.45) is 11.8 Å². The van der Waals surface area contributed by atoms with Crippen molar-refractivity contribution < 1.29 is 4.79 Å². The van der Waals surface area contributed by atoms with Crippen molar-refractivity contribution >= 4 is 18.3 Å². The molecular weight excluding hydrogens is 198 g/mol. The molecule has 0 heterocycles. The summed E-state index contributed by atoms with van der Waals surface area (Å²) in [6.07, 6.45) is 4.87. The first-order valence-electron chi connectivity index (χ1n) is 5.40. The summed E-state index contributed by atoms with van der Waals surface area (Å²) in [5.74, 6) is 1.19. The van der Waals surface area contributed by atoms with Crippen LogP contribution in [0.3, 0.4) is 0 Å². The van der Waals surface area contributed by atoms with Crippen LogP contribution in [0.1, 0.15) is 46.5 Å². The van der Waals surface area contributed by atoms with E-state index in [9.17, 15) is 4.79 Å². The quantitative estimate of drug-likeness (QED) is 0.761. The van der Waals surface area contributed by atoms with Gasteiger partial charge in [-0.1, -0.05) is 20.8 Å². The molecule has 0 radical (unpaired) electrons. The molecule has 0 aromatic rings. The summed E-state index contributed by atoms with van der Waals surface area (Å²) in [5, 5.41) is 3.10. The maximum absolute atomic E-state index is 11.4. The minimum Gasteiger partial charge on any atom is -0.353 e. The molecule has 0 bridgehead atoms.